The van der Waals surface area contributed by atoms with E-state index in [0.29, 0.717) is 25.9 Å². The van der Waals surface area contributed by atoms with Crippen LogP contribution in [0.25, 0.3) is 0 Å². The van der Waals surface area contributed by atoms with Gasteiger partial charge >= 0.3 is 0 Å². The summed E-state index contributed by atoms with van der Waals surface area (Å²) >= 11 is 0. The minimum absolute atomic E-state index is 0.0856. The van der Waals surface area contributed by atoms with Gasteiger partial charge in [-0.05, 0) is 12.8 Å². The highest BCUT2D eigenvalue weighted by Crippen LogP contribution is 2.33. The van der Waals surface area contributed by atoms with E-state index in [1.54, 1.807) is 0 Å². The molecule has 2 saturated heterocycles. The van der Waals surface area contributed by atoms with Crippen LogP contribution in [0.1, 0.15) is 19.3 Å². The van der Waals surface area contributed by atoms with Gasteiger partial charge in [0, 0.05) is 6.42 Å². The Morgan fingerprint density at radius 1 is 1.23 bits per heavy atom. The molecular formula is C8H12O4S. The normalized spacial score (nSPS) is 30.9. The number of sulfone groups is 1. The molecule has 2 rings (SSSR count). The standard InChI is InChI=1S/C8H12O4S/c9-7-1-4-12-8(7)2-5-13(10,11)6-3-8/h1-6H2. The average Bonchev–Trinajstić information content (AvgIpc) is 2.41. The number of ether oxygens (including phenoxy) is 1. The molecule has 74 valence electrons. The predicted octanol–water partition coefficient (Wildman–Crippen LogP) is -0.0768. The highest BCUT2D eigenvalue weighted by Gasteiger charge is 2.46. The first-order valence-corrected chi connectivity index (χ1v) is 6.24. The van der Waals surface area contributed by atoms with Crippen molar-refractivity contribution in [2.75, 3.05) is 18.1 Å². The van der Waals surface area contributed by atoms with E-state index in [0.717, 1.165) is 0 Å². The number of Topliss-reactive ketones (excluding diaryl/α,β-unsaturated/α-hetero) is 1. The molecule has 0 aromatic carbocycles. The molecule has 0 atom stereocenters. The van der Waals surface area contributed by atoms with Gasteiger partial charge < -0.3 is 4.74 Å². The van der Waals surface area contributed by atoms with Gasteiger partial charge in [0.2, 0.25) is 0 Å². The van der Waals surface area contributed by atoms with E-state index in [1.165, 1.54) is 0 Å². The molecule has 2 aliphatic heterocycles. The van der Waals surface area contributed by atoms with Crippen LogP contribution in [0.3, 0.4) is 0 Å². The zero-order valence-corrected chi connectivity index (χ0v) is 8.10. The van der Waals surface area contributed by atoms with Crippen LogP contribution in [0.4, 0.5) is 0 Å². The highest BCUT2D eigenvalue weighted by atomic mass is 32.2. The Hall–Kier alpha value is -0.420. The first-order valence-electron chi connectivity index (χ1n) is 4.42. The highest BCUT2D eigenvalue weighted by molar-refractivity contribution is 7.91. The van der Waals surface area contributed by atoms with Crippen LogP contribution in [0.15, 0.2) is 0 Å². The number of hydrogen-bond donors (Lipinski definition) is 0. The molecule has 1 spiro atoms. The summed E-state index contributed by atoms with van der Waals surface area (Å²) in [6.07, 6.45) is 1.16. The lowest BCUT2D eigenvalue weighted by atomic mass is 9.92. The number of carbonyl (C=O) groups is 1. The van der Waals surface area contributed by atoms with Gasteiger partial charge in [-0.15, -0.1) is 0 Å². The van der Waals surface area contributed by atoms with Crippen LogP contribution in [0.5, 0.6) is 0 Å². The van der Waals surface area contributed by atoms with Crippen LogP contribution < -0.4 is 0 Å². The lowest BCUT2D eigenvalue weighted by Gasteiger charge is -2.30. The molecule has 0 N–H and O–H groups in total. The van der Waals surface area contributed by atoms with Crippen molar-refractivity contribution in [2.45, 2.75) is 24.9 Å². The Balaban J connectivity index is 2.17. The fraction of sp³-hybridized carbons (Fsp3) is 0.875. The van der Waals surface area contributed by atoms with Crippen LogP contribution in [0, 0.1) is 0 Å². The Morgan fingerprint density at radius 2 is 1.85 bits per heavy atom. The average molecular weight is 204 g/mol. The van der Waals surface area contributed by atoms with E-state index in [-0.39, 0.29) is 17.3 Å². The van der Waals surface area contributed by atoms with Gasteiger partial charge in [-0.1, -0.05) is 0 Å². The summed E-state index contributed by atoms with van der Waals surface area (Å²) in [6.45, 7) is 0.457. The van der Waals surface area contributed by atoms with Crippen LogP contribution >= 0.6 is 0 Å². The molecule has 4 nitrogen and oxygen atoms in total. The second-order valence-electron chi connectivity index (χ2n) is 3.67. The lowest BCUT2D eigenvalue weighted by Crippen LogP contribution is -2.43. The van der Waals surface area contributed by atoms with Crippen molar-refractivity contribution in [3.05, 3.63) is 0 Å². The molecule has 0 aromatic rings. The van der Waals surface area contributed by atoms with E-state index in [2.05, 4.69) is 0 Å². The molecule has 2 fully saturated rings. The number of rotatable bonds is 0. The Bertz CT molecular complexity index is 316. The number of carbonyl (C=O) groups excluding carboxylic acids is 1. The molecule has 0 aliphatic carbocycles. The summed E-state index contributed by atoms with van der Waals surface area (Å²) < 4.78 is 27.6. The van der Waals surface area contributed by atoms with Crippen LogP contribution in [-0.2, 0) is 19.4 Å². The van der Waals surface area contributed by atoms with Crippen molar-refractivity contribution < 1.29 is 17.9 Å². The van der Waals surface area contributed by atoms with E-state index in [9.17, 15) is 13.2 Å². The number of ketones is 1. The summed E-state index contributed by atoms with van der Waals surface area (Å²) in [5, 5.41) is 0. The summed E-state index contributed by atoms with van der Waals surface area (Å²) in [5.74, 6) is 0.278. The van der Waals surface area contributed by atoms with Crippen molar-refractivity contribution in [3.8, 4) is 0 Å². The molecule has 0 amide bonds. The summed E-state index contributed by atoms with van der Waals surface area (Å²) in [6, 6.07) is 0. The Kier molecular flexibility index (Phi) is 1.96. The fourth-order valence-electron chi connectivity index (χ4n) is 1.94. The largest absolute Gasteiger partial charge is 0.367 e. The van der Waals surface area contributed by atoms with Crippen LogP contribution in [0.2, 0.25) is 0 Å². The van der Waals surface area contributed by atoms with Gasteiger partial charge in [0.1, 0.15) is 5.60 Å². The van der Waals surface area contributed by atoms with Gasteiger partial charge in [0.15, 0.2) is 15.6 Å². The smallest absolute Gasteiger partial charge is 0.166 e. The quantitative estimate of drug-likeness (QED) is 0.554. The SMILES string of the molecule is O=C1CCOC12CCS(=O)(=O)CC2. The monoisotopic (exact) mass is 204 g/mol. The van der Waals surface area contributed by atoms with Gasteiger partial charge in [0.25, 0.3) is 0 Å². The third-order valence-corrected chi connectivity index (χ3v) is 4.50. The van der Waals surface area contributed by atoms with Crippen molar-refractivity contribution in [3.63, 3.8) is 0 Å². The maximum atomic E-state index is 11.4. The van der Waals surface area contributed by atoms with E-state index < -0.39 is 15.4 Å². The van der Waals surface area contributed by atoms with Gasteiger partial charge in [-0.25, -0.2) is 8.42 Å². The van der Waals surface area contributed by atoms with Gasteiger partial charge in [0.05, 0.1) is 18.1 Å². The third kappa shape index (κ3) is 1.50. The predicted molar refractivity (Wildman–Crippen MR) is 46.2 cm³/mol. The van der Waals surface area contributed by atoms with E-state index in [4.69, 9.17) is 4.74 Å². The minimum atomic E-state index is -2.90. The fourth-order valence-corrected chi connectivity index (χ4v) is 3.42. The Labute approximate surface area is 77.2 Å². The molecular weight excluding hydrogens is 192 g/mol. The zero-order chi connectivity index (χ0) is 9.53. The van der Waals surface area contributed by atoms with Crippen molar-refractivity contribution in [2.24, 2.45) is 0 Å². The number of hydrogen-bond acceptors (Lipinski definition) is 4. The summed E-state index contributed by atoms with van der Waals surface area (Å²) in [4.78, 5) is 11.4. The summed E-state index contributed by atoms with van der Waals surface area (Å²) in [5.41, 5.74) is -0.731. The molecule has 0 aromatic heterocycles. The second-order valence-corrected chi connectivity index (χ2v) is 5.97. The maximum Gasteiger partial charge on any atom is 0.166 e. The Morgan fingerprint density at radius 3 is 2.31 bits per heavy atom. The van der Waals surface area contributed by atoms with Crippen LogP contribution in [-0.4, -0.2) is 37.9 Å². The van der Waals surface area contributed by atoms with E-state index in [1.807, 2.05) is 0 Å². The molecule has 2 aliphatic rings. The van der Waals surface area contributed by atoms with Crippen molar-refractivity contribution in [1.82, 2.24) is 0 Å². The third-order valence-electron chi connectivity index (χ3n) is 2.85. The molecule has 0 unspecified atom stereocenters. The molecule has 0 saturated carbocycles. The summed E-state index contributed by atoms with van der Waals surface area (Å²) in [7, 11) is -2.90. The first kappa shape index (κ1) is 9.15. The van der Waals surface area contributed by atoms with Crippen molar-refractivity contribution in [1.29, 1.82) is 0 Å². The first-order chi connectivity index (χ1) is 6.04. The topological polar surface area (TPSA) is 60.4 Å². The minimum Gasteiger partial charge on any atom is -0.367 e. The van der Waals surface area contributed by atoms with Gasteiger partial charge in [-0.2, -0.15) is 0 Å². The molecule has 13 heavy (non-hydrogen) atoms. The molecule has 0 bridgehead atoms. The second kappa shape index (κ2) is 2.78. The van der Waals surface area contributed by atoms with Crippen molar-refractivity contribution >= 4 is 15.6 Å². The van der Waals surface area contributed by atoms with E-state index >= 15 is 0 Å². The lowest BCUT2D eigenvalue weighted by molar-refractivity contribution is -0.132. The molecule has 0 radical (unpaired) electrons. The van der Waals surface area contributed by atoms with Gasteiger partial charge in [-0.3, -0.25) is 4.79 Å². The molecule has 5 heteroatoms. The maximum absolute atomic E-state index is 11.4. The zero-order valence-electron chi connectivity index (χ0n) is 7.28. The molecule has 2 heterocycles.